The van der Waals surface area contributed by atoms with E-state index in [4.69, 9.17) is 0 Å². The van der Waals surface area contributed by atoms with Crippen molar-refractivity contribution < 1.29 is 0 Å². The first-order valence-electron chi connectivity index (χ1n) is 10.6. The van der Waals surface area contributed by atoms with Gasteiger partial charge in [0.25, 0.3) is 0 Å². The molecule has 2 aromatic rings. The van der Waals surface area contributed by atoms with Gasteiger partial charge in [0.05, 0.1) is 12.4 Å². The predicted molar refractivity (Wildman–Crippen MR) is 122 cm³/mol. The van der Waals surface area contributed by atoms with Gasteiger partial charge in [0.2, 0.25) is 0 Å². The Balaban J connectivity index is 1.50. The van der Waals surface area contributed by atoms with Gasteiger partial charge in [-0.05, 0) is 72.6 Å². The second-order valence-electron chi connectivity index (χ2n) is 7.85. The van der Waals surface area contributed by atoms with Gasteiger partial charge in [-0.15, -0.1) is 6.58 Å². The Bertz CT molecular complexity index is 776. The van der Waals surface area contributed by atoms with Crippen LogP contribution < -0.4 is 0 Å². The molecule has 0 saturated heterocycles. The minimum Gasteiger partial charge on any atom is -0.159 e. The first kappa shape index (κ1) is 20.3. The molecule has 1 aliphatic carbocycles. The second kappa shape index (κ2) is 10.8. The molecule has 146 valence electrons. The number of aryl methyl sites for hydroxylation is 1. The van der Waals surface area contributed by atoms with Crippen LogP contribution in [0.25, 0.3) is 0 Å². The highest BCUT2D eigenvalue weighted by molar-refractivity contribution is 5.82. The molecule has 3 rings (SSSR count). The van der Waals surface area contributed by atoms with Crippen molar-refractivity contribution in [1.29, 1.82) is 0 Å². The standard InChI is InChI=1S/C26H32N2/c1-3-5-6-22-7-9-23(10-8-22)19-27-28-20-24-13-17-26(18-14-24)25-15-11-21(4-2)12-16-25/h3,7-10,13-14,17-21,25H,1,4-6,11-12,15-16H2,2H3/t21-,25-. The van der Waals surface area contributed by atoms with E-state index >= 15 is 0 Å². The quantitative estimate of drug-likeness (QED) is 0.272. The highest BCUT2D eigenvalue weighted by Crippen LogP contribution is 2.36. The predicted octanol–water partition coefficient (Wildman–Crippen LogP) is 6.94. The molecule has 0 unspecified atom stereocenters. The van der Waals surface area contributed by atoms with Crippen molar-refractivity contribution in [2.24, 2.45) is 16.1 Å². The van der Waals surface area contributed by atoms with Crippen LogP contribution in [0.2, 0.25) is 0 Å². The van der Waals surface area contributed by atoms with Gasteiger partial charge < -0.3 is 0 Å². The zero-order chi connectivity index (χ0) is 19.6. The van der Waals surface area contributed by atoms with Gasteiger partial charge in [-0.1, -0.05) is 68.0 Å². The molecule has 0 bridgehead atoms. The summed E-state index contributed by atoms with van der Waals surface area (Å²) in [5.41, 5.74) is 4.97. The number of benzene rings is 2. The molecule has 0 aliphatic heterocycles. The summed E-state index contributed by atoms with van der Waals surface area (Å²) in [5.74, 6) is 1.69. The fraction of sp³-hybridized carbons (Fsp3) is 0.385. The molecule has 2 nitrogen and oxygen atoms in total. The van der Waals surface area contributed by atoms with E-state index in [0.29, 0.717) is 0 Å². The lowest BCUT2D eigenvalue weighted by atomic mass is 9.78. The third-order valence-electron chi connectivity index (χ3n) is 5.93. The summed E-state index contributed by atoms with van der Waals surface area (Å²) in [6.45, 7) is 6.09. The largest absolute Gasteiger partial charge is 0.159 e. The van der Waals surface area contributed by atoms with Crippen LogP contribution in [0.3, 0.4) is 0 Å². The second-order valence-corrected chi connectivity index (χ2v) is 7.85. The maximum absolute atomic E-state index is 4.20. The number of hydrogen-bond donors (Lipinski definition) is 0. The first-order chi connectivity index (χ1) is 13.8. The molecule has 2 aromatic carbocycles. The number of nitrogens with zero attached hydrogens (tertiary/aromatic N) is 2. The van der Waals surface area contributed by atoms with Crippen molar-refractivity contribution in [3.8, 4) is 0 Å². The van der Waals surface area contributed by atoms with E-state index in [1.807, 2.05) is 12.3 Å². The molecule has 0 atom stereocenters. The SMILES string of the molecule is C=CCCc1ccc(C=NN=Cc2ccc([C@H]3CC[C@H](CC)CC3)cc2)cc1. The summed E-state index contributed by atoms with van der Waals surface area (Å²) in [6.07, 6.45) is 14.4. The minimum atomic E-state index is 0.737. The fourth-order valence-electron chi connectivity index (χ4n) is 4.00. The van der Waals surface area contributed by atoms with Crippen LogP contribution >= 0.6 is 0 Å². The Hall–Kier alpha value is -2.48. The first-order valence-corrected chi connectivity index (χ1v) is 10.6. The molecule has 0 radical (unpaired) electrons. The lowest BCUT2D eigenvalue weighted by Crippen LogP contribution is -2.12. The van der Waals surface area contributed by atoms with Crippen LogP contribution in [0.15, 0.2) is 71.4 Å². The van der Waals surface area contributed by atoms with Crippen molar-refractivity contribution >= 4 is 12.4 Å². The van der Waals surface area contributed by atoms with E-state index in [1.165, 1.54) is 43.2 Å². The van der Waals surface area contributed by atoms with Crippen LogP contribution in [0.5, 0.6) is 0 Å². The van der Waals surface area contributed by atoms with Gasteiger partial charge in [0, 0.05) is 0 Å². The minimum absolute atomic E-state index is 0.737. The van der Waals surface area contributed by atoms with Crippen LogP contribution in [-0.2, 0) is 6.42 Å². The maximum atomic E-state index is 4.20. The normalized spacial score (nSPS) is 20.0. The summed E-state index contributed by atoms with van der Waals surface area (Å²) < 4.78 is 0. The van der Waals surface area contributed by atoms with Crippen LogP contribution in [-0.4, -0.2) is 12.4 Å². The van der Waals surface area contributed by atoms with Crippen molar-refractivity contribution in [2.75, 3.05) is 0 Å². The summed E-state index contributed by atoms with van der Waals surface area (Å²) in [4.78, 5) is 0. The maximum Gasteiger partial charge on any atom is 0.0568 e. The molecular weight excluding hydrogens is 340 g/mol. The van der Waals surface area contributed by atoms with E-state index in [1.54, 1.807) is 6.21 Å². The molecule has 0 heterocycles. The molecular formula is C26H32N2. The monoisotopic (exact) mass is 372 g/mol. The molecule has 1 saturated carbocycles. The van der Waals surface area contributed by atoms with E-state index < -0.39 is 0 Å². The smallest absolute Gasteiger partial charge is 0.0568 e. The Kier molecular flexibility index (Phi) is 7.78. The van der Waals surface area contributed by atoms with Gasteiger partial charge >= 0.3 is 0 Å². The van der Waals surface area contributed by atoms with E-state index in [9.17, 15) is 0 Å². The Morgan fingerprint density at radius 1 is 0.857 bits per heavy atom. The lowest BCUT2D eigenvalue weighted by molar-refractivity contribution is 0.319. The number of hydrogen-bond acceptors (Lipinski definition) is 2. The Labute approximate surface area is 170 Å². The average molecular weight is 373 g/mol. The highest BCUT2D eigenvalue weighted by Gasteiger charge is 2.20. The van der Waals surface area contributed by atoms with Crippen molar-refractivity contribution in [1.82, 2.24) is 0 Å². The van der Waals surface area contributed by atoms with E-state index in [2.05, 4.69) is 72.2 Å². The van der Waals surface area contributed by atoms with Gasteiger partial charge in [-0.3, -0.25) is 0 Å². The van der Waals surface area contributed by atoms with Crippen molar-refractivity contribution in [3.63, 3.8) is 0 Å². The highest BCUT2D eigenvalue weighted by atomic mass is 15.2. The van der Waals surface area contributed by atoms with Gasteiger partial charge in [0.1, 0.15) is 0 Å². The molecule has 0 N–H and O–H groups in total. The Morgan fingerprint density at radius 2 is 1.43 bits per heavy atom. The van der Waals surface area contributed by atoms with E-state index in [-0.39, 0.29) is 0 Å². The molecule has 28 heavy (non-hydrogen) atoms. The number of rotatable bonds is 8. The fourth-order valence-corrected chi connectivity index (χ4v) is 4.00. The molecule has 0 aromatic heterocycles. The Morgan fingerprint density at radius 3 is 1.96 bits per heavy atom. The zero-order valence-electron chi connectivity index (χ0n) is 17.1. The van der Waals surface area contributed by atoms with Gasteiger partial charge in [-0.2, -0.15) is 10.2 Å². The molecule has 0 spiro atoms. The van der Waals surface area contributed by atoms with Crippen LogP contribution in [0, 0.1) is 5.92 Å². The van der Waals surface area contributed by atoms with Gasteiger partial charge in [-0.25, -0.2) is 0 Å². The summed E-state index contributed by atoms with van der Waals surface area (Å²) >= 11 is 0. The topological polar surface area (TPSA) is 24.7 Å². The third kappa shape index (κ3) is 6.02. The number of allylic oxidation sites excluding steroid dienone is 1. The van der Waals surface area contributed by atoms with Crippen LogP contribution in [0.4, 0.5) is 0 Å². The van der Waals surface area contributed by atoms with Crippen molar-refractivity contribution in [3.05, 3.63) is 83.4 Å². The average Bonchev–Trinajstić information content (AvgIpc) is 2.76. The lowest BCUT2D eigenvalue weighted by Gasteiger charge is -2.28. The summed E-state index contributed by atoms with van der Waals surface area (Å²) in [5, 5.41) is 8.39. The van der Waals surface area contributed by atoms with E-state index in [0.717, 1.165) is 35.8 Å². The molecule has 1 fully saturated rings. The molecule has 2 heteroatoms. The summed E-state index contributed by atoms with van der Waals surface area (Å²) in [6, 6.07) is 17.3. The summed E-state index contributed by atoms with van der Waals surface area (Å²) in [7, 11) is 0. The van der Waals surface area contributed by atoms with Crippen molar-refractivity contribution in [2.45, 2.75) is 57.8 Å². The van der Waals surface area contributed by atoms with Crippen LogP contribution in [0.1, 0.15) is 73.6 Å². The van der Waals surface area contributed by atoms with Gasteiger partial charge in [0.15, 0.2) is 0 Å². The zero-order valence-corrected chi connectivity index (χ0v) is 17.1. The molecule has 1 aliphatic rings. The third-order valence-corrected chi connectivity index (χ3v) is 5.93. The molecule has 0 amide bonds.